The number of hydrogen-bond donors (Lipinski definition) is 5. The summed E-state index contributed by atoms with van der Waals surface area (Å²) in [6, 6.07) is 8.90. The average Bonchev–Trinajstić information content (AvgIpc) is 3.62. The van der Waals surface area contributed by atoms with Gasteiger partial charge in [-0.25, -0.2) is 0 Å². The highest BCUT2D eigenvalue weighted by Crippen LogP contribution is 2.30. The zero-order valence-corrected chi connectivity index (χ0v) is 22.7. The maximum atomic E-state index is 13.5. The van der Waals surface area contributed by atoms with Gasteiger partial charge >= 0.3 is 5.69 Å². The molecule has 0 spiro atoms. The van der Waals surface area contributed by atoms with Crippen molar-refractivity contribution in [1.82, 2.24) is 16.0 Å². The van der Waals surface area contributed by atoms with Gasteiger partial charge in [0.15, 0.2) is 18.0 Å². The molecule has 0 aromatic heterocycles. The molecule has 13 nitrogen and oxygen atoms in total. The van der Waals surface area contributed by atoms with E-state index in [1.54, 1.807) is 0 Å². The number of amides is 4. The van der Waals surface area contributed by atoms with Crippen LogP contribution < -0.4 is 21.7 Å². The number of phenolic OH excluding ortho intramolecular Hbond substituents is 1. The number of nitrogens with zero attached hydrogens (tertiary/aromatic N) is 1. The number of hydrogen-bond acceptors (Lipinski definition) is 8. The molecule has 1 aliphatic carbocycles. The monoisotopic (exact) mass is 567 g/mol. The first kappa shape index (κ1) is 29.5. The molecule has 6 N–H and O–H groups in total. The highest BCUT2D eigenvalue weighted by atomic mass is 16.6. The van der Waals surface area contributed by atoms with Gasteiger partial charge < -0.3 is 31.5 Å². The summed E-state index contributed by atoms with van der Waals surface area (Å²) in [6.45, 7) is 4.23. The number of nitro groups is 1. The van der Waals surface area contributed by atoms with E-state index in [1.165, 1.54) is 6.07 Å². The van der Waals surface area contributed by atoms with Crippen LogP contribution in [-0.2, 0) is 43.2 Å². The molecule has 218 valence electrons. The van der Waals surface area contributed by atoms with Crippen molar-refractivity contribution < 1.29 is 33.9 Å². The van der Waals surface area contributed by atoms with Crippen molar-refractivity contribution in [2.75, 3.05) is 6.54 Å². The Hall–Kier alpha value is -4.52. The maximum absolute atomic E-state index is 13.5. The minimum Gasteiger partial charge on any atom is -0.502 e. The minimum absolute atomic E-state index is 0.193. The van der Waals surface area contributed by atoms with Gasteiger partial charge in [-0.15, -0.1) is 0 Å². The predicted octanol–water partition coefficient (Wildman–Crippen LogP) is 0.252. The molecule has 13 heteroatoms. The van der Waals surface area contributed by atoms with Crippen LogP contribution in [0.15, 0.2) is 42.5 Å². The Kier molecular flexibility index (Phi) is 8.86. The number of benzene rings is 2. The Bertz CT molecular complexity index is 1340. The number of primary amides is 1. The molecule has 0 bridgehead atoms. The van der Waals surface area contributed by atoms with Crippen LogP contribution in [0, 0.1) is 22.0 Å². The van der Waals surface area contributed by atoms with Crippen molar-refractivity contribution in [3.05, 3.63) is 69.3 Å². The van der Waals surface area contributed by atoms with E-state index in [0.717, 1.165) is 23.3 Å². The summed E-state index contributed by atoms with van der Waals surface area (Å²) < 4.78 is 5.25. The van der Waals surface area contributed by atoms with E-state index < -0.39 is 64.3 Å². The number of nitrogens with one attached hydrogen (secondary N) is 3. The van der Waals surface area contributed by atoms with Crippen LogP contribution in [0.5, 0.6) is 5.75 Å². The van der Waals surface area contributed by atoms with Gasteiger partial charge in [0.1, 0.15) is 12.1 Å². The standard InChI is InChI=1S/C28H33N5O8/c1-14(2)13-30-27(37)23-24(41-23)28(38)31-19(9-15-7-8-21(34)20(10-15)33(39)40)26(36)32-22(25(29)35)18-11-16-5-3-4-6-17(16)12-18/h3-8,10,14,18-19,22-24,34H,9,11-13H2,1-2H3,(H2,29,35)(H,30,37)(H,31,38)(H,32,36)/t19-,22-,23?,24?/m1/s1. The minimum atomic E-state index is -1.30. The molecule has 1 saturated heterocycles. The third-order valence-corrected chi connectivity index (χ3v) is 7.16. The van der Waals surface area contributed by atoms with E-state index >= 15 is 0 Å². The fourth-order valence-electron chi connectivity index (χ4n) is 4.96. The first-order valence-electron chi connectivity index (χ1n) is 13.3. The predicted molar refractivity (Wildman–Crippen MR) is 145 cm³/mol. The average molecular weight is 568 g/mol. The van der Waals surface area contributed by atoms with Crippen molar-refractivity contribution in [3.63, 3.8) is 0 Å². The fraction of sp³-hybridized carbons (Fsp3) is 0.429. The molecule has 0 radical (unpaired) electrons. The molecule has 4 amide bonds. The van der Waals surface area contributed by atoms with Gasteiger partial charge in [0.2, 0.25) is 11.8 Å². The summed E-state index contributed by atoms with van der Waals surface area (Å²) in [5, 5.41) is 29.0. The van der Waals surface area contributed by atoms with Crippen LogP contribution in [0.2, 0.25) is 0 Å². The molecule has 2 unspecified atom stereocenters. The fourth-order valence-corrected chi connectivity index (χ4v) is 4.96. The topological polar surface area (TPSA) is 206 Å². The second kappa shape index (κ2) is 12.3. The summed E-state index contributed by atoms with van der Waals surface area (Å²) >= 11 is 0. The highest BCUT2D eigenvalue weighted by Gasteiger charge is 2.51. The Morgan fingerprint density at radius 1 is 1.05 bits per heavy atom. The van der Waals surface area contributed by atoms with Crippen molar-refractivity contribution in [2.45, 2.75) is 57.4 Å². The molecular formula is C28H33N5O8. The lowest BCUT2D eigenvalue weighted by atomic mass is 9.95. The van der Waals surface area contributed by atoms with Crippen molar-refractivity contribution in [2.24, 2.45) is 17.6 Å². The first-order valence-corrected chi connectivity index (χ1v) is 13.3. The zero-order chi connectivity index (χ0) is 29.8. The van der Waals surface area contributed by atoms with E-state index in [2.05, 4.69) is 16.0 Å². The first-order chi connectivity index (χ1) is 19.4. The van der Waals surface area contributed by atoms with Gasteiger partial charge in [-0.2, -0.15) is 0 Å². The second-order valence-electron chi connectivity index (χ2n) is 10.8. The molecule has 0 saturated carbocycles. The Morgan fingerprint density at radius 2 is 1.68 bits per heavy atom. The lowest BCUT2D eigenvalue weighted by Gasteiger charge is -2.25. The summed E-state index contributed by atoms with van der Waals surface area (Å²) in [4.78, 5) is 61.8. The summed E-state index contributed by atoms with van der Waals surface area (Å²) in [5.41, 5.74) is 7.47. The van der Waals surface area contributed by atoms with Gasteiger partial charge in [0.25, 0.3) is 11.8 Å². The lowest BCUT2D eigenvalue weighted by Crippen LogP contribution is -2.56. The number of fused-ring (bicyclic) bond motifs is 1. The molecule has 4 rings (SSSR count). The SMILES string of the molecule is CC(C)CNC(=O)C1OC1C(=O)N[C@H](Cc1ccc(O)c([N+](=O)[O-])c1)C(=O)N[C@@H](C(N)=O)C1Cc2ccccc2C1. The van der Waals surface area contributed by atoms with E-state index in [4.69, 9.17) is 10.5 Å². The van der Waals surface area contributed by atoms with Crippen LogP contribution in [-0.4, -0.2) is 64.5 Å². The largest absolute Gasteiger partial charge is 0.502 e. The number of rotatable bonds is 12. The molecule has 1 aliphatic heterocycles. The van der Waals surface area contributed by atoms with Gasteiger partial charge in [0.05, 0.1) is 4.92 Å². The third-order valence-electron chi connectivity index (χ3n) is 7.16. The number of nitro benzene ring substituents is 1. The smallest absolute Gasteiger partial charge is 0.310 e. The van der Waals surface area contributed by atoms with Crippen LogP contribution in [0.3, 0.4) is 0 Å². The van der Waals surface area contributed by atoms with Crippen molar-refractivity contribution >= 4 is 29.3 Å². The van der Waals surface area contributed by atoms with E-state index in [1.807, 2.05) is 38.1 Å². The number of carbonyl (C=O) groups excluding carboxylic acids is 4. The Morgan fingerprint density at radius 3 is 2.27 bits per heavy atom. The normalized spacial score (nSPS) is 19.1. The maximum Gasteiger partial charge on any atom is 0.310 e. The van der Waals surface area contributed by atoms with Crippen LogP contribution >= 0.6 is 0 Å². The number of phenols is 1. The summed E-state index contributed by atoms with van der Waals surface area (Å²) in [6.07, 6.45) is -1.31. The summed E-state index contributed by atoms with van der Waals surface area (Å²) in [5.74, 6) is -3.33. The number of carbonyl (C=O) groups is 4. The number of ether oxygens (including phenoxy) is 1. The molecule has 2 aromatic carbocycles. The molecule has 4 atom stereocenters. The second-order valence-corrected chi connectivity index (χ2v) is 10.8. The molecule has 1 fully saturated rings. The van der Waals surface area contributed by atoms with Gasteiger partial charge in [-0.1, -0.05) is 44.2 Å². The molecule has 1 heterocycles. The van der Waals surface area contributed by atoms with Gasteiger partial charge in [-0.3, -0.25) is 29.3 Å². The number of epoxide rings is 1. The van der Waals surface area contributed by atoms with E-state index in [9.17, 15) is 34.4 Å². The molecule has 2 aromatic rings. The Balaban J connectivity index is 1.50. The van der Waals surface area contributed by atoms with Crippen molar-refractivity contribution in [1.29, 1.82) is 0 Å². The van der Waals surface area contributed by atoms with Crippen molar-refractivity contribution in [3.8, 4) is 5.75 Å². The zero-order valence-electron chi connectivity index (χ0n) is 22.7. The van der Waals surface area contributed by atoms with Gasteiger partial charge in [0, 0.05) is 19.0 Å². The lowest BCUT2D eigenvalue weighted by molar-refractivity contribution is -0.385. The molecular weight excluding hydrogens is 534 g/mol. The third kappa shape index (κ3) is 7.17. The van der Waals surface area contributed by atoms with E-state index in [-0.39, 0.29) is 23.8 Å². The van der Waals surface area contributed by atoms with E-state index in [0.29, 0.717) is 19.4 Å². The number of aromatic hydroxyl groups is 1. The van der Waals surface area contributed by atoms with Crippen LogP contribution in [0.4, 0.5) is 5.69 Å². The quantitative estimate of drug-likeness (QED) is 0.136. The Labute approximate surface area is 236 Å². The number of nitrogens with two attached hydrogens (primary N) is 1. The van der Waals surface area contributed by atoms with Gasteiger partial charge in [-0.05, 0) is 47.4 Å². The molecule has 2 aliphatic rings. The van der Waals surface area contributed by atoms with Crippen LogP contribution in [0.1, 0.15) is 30.5 Å². The molecule has 41 heavy (non-hydrogen) atoms. The highest BCUT2D eigenvalue weighted by molar-refractivity contribution is 5.97. The van der Waals surface area contributed by atoms with Crippen LogP contribution in [0.25, 0.3) is 0 Å². The summed E-state index contributed by atoms with van der Waals surface area (Å²) in [7, 11) is 0.